The van der Waals surface area contributed by atoms with Gasteiger partial charge in [-0.2, -0.15) is 4.98 Å². The summed E-state index contributed by atoms with van der Waals surface area (Å²) < 4.78 is 11.1. The summed E-state index contributed by atoms with van der Waals surface area (Å²) >= 11 is 3.22. The summed E-state index contributed by atoms with van der Waals surface area (Å²) in [5.41, 5.74) is 0.0722. The molecule has 0 aliphatic rings. The Balaban J connectivity index is 2.12. The monoisotopic (exact) mass is 340 g/mol. The Labute approximate surface area is 123 Å². The summed E-state index contributed by atoms with van der Waals surface area (Å²) in [5.74, 6) is 0.264. The van der Waals surface area contributed by atoms with Crippen LogP contribution in [-0.2, 0) is 6.61 Å². The number of aromatic nitrogens is 2. The van der Waals surface area contributed by atoms with E-state index in [9.17, 15) is 4.79 Å². The van der Waals surface area contributed by atoms with E-state index >= 15 is 0 Å². The van der Waals surface area contributed by atoms with Crippen LogP contribution in [-0.4, -0.2) is 21.2 Å². The van der Waals surface area contributed by atoms with E-state index in [4.69, 9.17) is 14.4 Å². The second kappa shape index (κ2) is 6.04. The van der Waals surface area contributed by atoms with Crippen molar-refractivity contribution in [1.29, 1.82) is 0 Å². The molecule has 20 heavy (non-hydrogen) atoms. The smallest absolute Gasteiger partial charge is 0.339 e. The lowest BCUT2D eigenvalue weighted by atomic mass is 10.2. The molecule has 0 aliphatic carbocycles. The first-order chi connectivity index (χ1) is 9.47. The second-order valence-electron chi connectivity index (χ2n) is 4.44. The number of carbonyl (C=O) groups is 1. The highest BCUT2D eigenvalue weighted by molar-refractivity contribution is 9.10. The van der Waals surface area contributed by atoms with Gasteiger partial charge in [0.1, 0.15) is 11.3 Å². The predicted octanol–water partition coefficient (Wildman–Crippen LogP) is 3.23. The number of hydrogen-bond acceptors (Lipinski definition) is 5. The zero-order chi connectivity index (χ0) is 14.7. The van der Waals surface area contributed by atoms with Crippen LogP contribution in [0.5, 0.6) is 5.75 Å². The Morgan fingerprint density at radius 3 is 2.85 bits per heavy atom. The van der Waals surface area contributed by atoms with Gasteiger partial charge in [0.15, 0.2) is 12.4 Å². The number of hydrogen-bond donors (Lipinski definition) is 1. The van der Waals surface area contributed by atoms with E-state index in [1.54, 1.807) is 12.1 Å². The summed E-state index contributed by atoms with van der Waals surface area (Å²) in [6.07, 6.45) is 0. The quantitative estimate of drug-likeness (QED) is 0.899. The first-order valence-electron chi connectivity index (χ1n) is 5.95. The molecule has 6 nitrogen and oxygen atoms in total. The second-order valence-corrected chi connectivity index (χ2v) is 5.35. The molecule has 106 valence electrons. The topological polar surface area (TPSA) is 85.5 Å². The van der Waals surface area contributed by atoms with E-state index in [2.05, 4.69) is 26.1 Å². The molecule has 1 aromatic heterocycles. The van der Waals surface area contributed by atoms with E-state index in [0.29, 0.717) is 16.2 Å². The number of aromatic carboxylic acids is 1. The Hall–Kier alpha value is -1.89. The first-order valence-corrected chi connectivity index (χ1v) is 6.74. The summed E-state index contributed by atoms with van der Waals surface area (Å²) in [6, 6.07) is 4.76. The molecular weight excluding hydrogens is 328 g/mol. The van der Waals surface area contributed by atoms with Crippen LogP contribution < -0.4 is 4.74 Å². The lowest BCUT2D eigenvalue weighted by Crippen LogP contribution is -2.04. The van der Waals surface area contributed by atoms with E-state index in [0.717, 1.165) is 0 Å². The molecule has 0 bridgehead atoms. The number of carboxylic acid groups (broad SMARTS) is 1. The highest BCUT2D eigenvalue weighted by Gasteiger charge is 2.14. The highest BCUT2D eigenvalue weighted by Crippen LogP contribution is 2.24. The molecular formula is C13H13BrN2O4. The van der Waals surface area contributed by atoms with Gasteiger partial charge in [-0.1, -0.05) is 34.9 Å². The van der Waals surface area contributed by atoms with Gasteiger partial charge in [0.25, 0.3) is 5.89 Å². The van der Waals surface area contributed by atoms with Crippen molar-refractivity contribution in [1.82, 2.24) is 10.1 Å². The molecule has 2 aromatic rings. The van der Waals surface area contributed by atoms with Gasteiger partial charge in [-0.25, -0.2) is 4.79 Å². The summed E-state index contributed by atoms with van der Waals surface area (Å²) in [5, 5.41) is 12.9. The molecule has 0 saturated heterocycles. The van der Waals surface area contributed by atoms with Crippen LogP contribution in [0.25, 0.3) is 0 Å². The lowest BCUT2D eigenvalue weighted by Gasteiger charge is -2.07. The van der Waals surface area contributed by atoms with E-state index < -0.39 is 5.97 Å². The fourth-order valence-electron chi connectivity index (χ4n) is 1.50. The van der Waals surface area contributed by atoms with Crippen LogP contribution >= 0.6 is 15.9 Å². The van der Waals surface area contributed by atoms with Crippen LogP contribution in [0.3, 0.4) is 0 Å². The molecule has 0 atom stereocenters. The van der Waals surface area contributed by atoms with Crippen LogP contribution in [0.15, 0.2) is 27.2 Å². The highest BCUT2D eigenvalue weighted by atomic mass is 79.9. The lowest BCUT2D eigenvalue weighted by molar-refractivity contribution is 0.0691. The zero-order valence-corrected chi connectivity index (χ0v) is 12.5. The van der Waals surface area contributed by atoms with Gasteiger partial charge in [-0.05, 0) is 18.2 Å². The molecule has 1 N–H and O–H groups in total. The van der Waals surface area contributed by atoms with Crippen molar-refractivity contribution in [3.05, 3.63) is 40.0 Å². The van der Waals surface area contributed by atoms with Crippen molar-refractivity contribution in [2.75, 3.05) is 0 Å². The van der Waals surface area contributed by atoms with E-state index in [1.165, 1.54) is 6.07 Å². The van der Waals surface area contributed by atoms with Crippen LogP contribution in [0.2, 0.25) is 0 Å². The van der Waals surface area contributed by atoms with Gasteiger partial charge >= 0.3 is 5.97 Å². The molecule has 0 amide bonds. The Bertz CT molecular complexity index is 625. The maximum absolute atomic E-state index is 11.1. The number of ether oxygens (including phenoxy) is 1. The summed E-state index contributed by atoms with van der Waals surface area (Å²) in [6.45, 7) is 3.93. The molecule has 0 fully saturated rings. The normalized spacial score (nSPS) is 10.8. The van der Waals surface area contributed by atoms with Crippen molar-refractivity contribution < 1.29 is 19.2 Å². The van der Waals surface area contributed by atoms with Crippen LogP contribution in [0.1, 0.15) is 41.8 Å². The average Bonchev–Trinajstić information content (AvgIpc) is 2.86. The minimum absolute atomic E-state index is 0.0294. The average molecular weight is 341 g/mol. The minimum Gasteiger partial charge on any atom is -0.483 e. The van der Waals surface area contributed by atoms with E-state index in [1.807, 2.05) is 13.8 Å². The summed E-state index contributed by atoms with van der Waals surface area (Å²) in [4.78, 5) is 15.3. The fourth-order valence-corrected chi connectivity index (χ4v) is 1.86. The van der Waals surface area contributed by atoms with Gasteiger partial charge in [0.2, 0.25) is 0 Å². The maximum Gasteiger partial charge on any atom is 0.339 e. The molecule has 0 unspecified atom stereocenters. The third-order valence-corrected chi connectivity index (χ3v) is 3.02. The van der Waals surface area contributed by atoms with Gasteiger partial charge in [-0.15, -0.1) is 0 Å². The van der Waals surface area contributed by atoms with Gasteiger partial charge in [-0.3, -0.25) is 0 Å². The molecule has 0 radical (unpaired) electrons. The van der Waals surface area contributed by atoms with Gasteiger partial charge in [0, 0.05) is 10.4 Å². The molecule has 0 spiro atoms. The predicted molar refractivity (Wildman–Crippen MR) is 73.8 cm³/mol. The fraction of sp³-hybridized carbons (Fsp3) is 0.308. The summed E-state index contributed by atoms with van der Waals surface area (Å²) in [7, 11) is 0. The van der Waals surface area contributed by atoms with Crippen molar-refractivity contribution in [2.45, 2.75) is 26.4 Å². The molecule has 0 saturated carbocycles. The molecule has 0 aliphatic heterocycles. The van der Waals surface area contributed by atoms with E-state index in [-0.39, 0.29) is 23.8 Å². The largest absolute Gasteiger partial charge is 0.483 e. The van der Waals surface area contributed by atoms with Gasteiger partial charge < -0.3 is 14.4 Å². The van der Waals surface area contributed by atoms with Crippen LogP contribution in [0, 0.1) is 0 Å². The van der Waals surface area contributed by atoms with Crippen molar-refractivity contribution in [2.24, 2.45) is 0 Å². The van der Waals surface area contributed by atoms with Crippen molar-refractivity contribution >= 4 is 21.9 Å². The molecule has 1 heterocycles. The zero-order valence-electron chi connectivity index (χ0n) is 11.0. The van der Waals surface area contributed by atoms with Crippen LogP contribution in [0.4, 0.5) is 0 Å². The maximum atomic E-state index is 11.1. The van der Waals surface area contributed by atoms with Gasteiger partial charge in [0.05, 0.1) is 0 Å². The number of halogens is 1. The number of carboxylic acids is 1. The van der Waals surface area contributed by atoms with Crippen molar-refractivity contribution in [3.63, 3.8) is 0 Å². The number of benzene rings is 1. The molecule has 1 aromatic carbocycles. The molecule has 7 heteroatoms. The standard InChI is InChI=1S/C13H13BrN2O4/c1-7(2)12-15-11(20-16-12)6-19-10-4-3-8(14)5-9(10)13(17)18/h3-5,7H,6H2,1-2H3,(H,17,18). The minimum atomic E-state index is -1.06. The molecule has 2 rings (SSSR count). The number of rotatable bonds is 5. The first kappa shape index (κ1) is 14.5. The third kappa shape index (κ3) is 3.36. The third-order valence-electron chi connectivity index (χ3n) is 2.52. The Morgan fingerprint density at radius 2 is 2.25 bits per heavy atom. The van der Waals surface area contributed by atoms with Crippen molar-refractivity contribution in [3.8, 4) is 5.75 Å². The Kier molecular flexibility index (Phi) is 4.39. The Morgan fingerprint density at radius 1 is 1.50 bits per heavy atom. The SMILES string of the molecule is CC(C)c1noc(COc2ccc(Br)cc2C(=O)O)n1. The number of nitrogens with zero attached hydrogens (tertiary/aromatic N) is 2.